The predicted molar refractivity (Wildman–Crippen MR) is 171 cm³/mol. The maximum atomic E-state index is 14.0. The summed E-state index contributed by atoms with van der Waals surface area (Å²) in [6.45, 7) is 5.85. The third kappa shape index (κ3) is 5.93. The summed E-state index contributed by atoms with van der Waals surface area (Å²) >= 11 is 9.80. The average molecular weight is 710 g/mol. The number of aromatic nitrogens is 1. The molecule has 42 heavy (non-hydrogen) atoms. The number of benzene rings is 3. The van der Waals surface area contributed by atoms with Crippen molar-refractivity contribution in [2.75, 3.05) is 6.61 Å². The molecule has 0 saturated heterocycles. The Balaban J connectivity index is 1.65. The van der Waals surface area contributed by atoms with Crippen LogP contribution >= 0.6 is 45.5 Å². The van der Waals surface area contributed by atoms with Crippen molar-refractivity contribution in [2.45, 2.75) is 33.4 Å². The van der Waals surface area contributed by atoms with Crippen LogP contribution in [0.2, 0.25) is 5.02 Å². The molecule has 0 amide bonds. The maximum Gasteiger partial charge on any atom is 0.338 e. The highest BCUT2D eigenvalue weighted by molar-refractivity contribution is 14.1. The summed E-state index contributed by atoms with van der Waals surface area (Å²) in [6, 6.07) is 20.0. The van der Waals surface area contributed by atoms with E-state index in [2.05, 4.69) is 33.7 Å². The summed E-state index contributed by atoms with van der Waals surface area (Å²) in [5.74, 6) is 0.0355. The second-order valence-electron chi connectivity index (χ2n) is 9.58. The van der Waals surface area contributed by atoms with Crippen molar-refractivity contribution < 1.29 is 14.3 Å². The molecule has 5 rings (SSSR count). The molecule has 7 nitrogen and oxygen atoms in total. The highest BCUT2D eigenvalue weighted by atomic mass is 127. The summed E-state index contributed by atoms with van der Waals surface area (Å²) in [5.41, 5.74) is 4.26. The fraction of sp³-hybridized carbons (Fsp3) is 0.188. The highest BCUT2D eigenvalue weighted by Gasteiger charge is 2.33. The van der Waals surface area contributed by atoms with Gasteiger partial charge in [0.25, 0.3) is 5.56 Å². The molecule has 1 aliphatic rings. The van der Waals surface area contributed by atoms with Gasteiger partial charge < -0.3 is 9.47 Å². The van der Waals surface area contributed by atoms with Gasteiger partial charge in [-0.25, -0.2) is 9.79 Å². The fourth-order valence-electron chi connectivity index (χ4n) is 4.74. The van der Waals surface area contributed by atoms with Gasteiger partial charge in [0.1, 0.15) is 12.4 Å². The first-order valence-corrected chi connectivity index (χ1v) is 15.3. The van der Waals surface area contributed by atoms with Crippen LogP contribution in [0.3, 0.4) is 0 Å². The third-order valence-electron chi connectivity index (χ3n) is 6.74. The van der Waals surface area contributed by atoms with Gasteiger partial charge in [0, 0.05) is 16.1 Å². The van der Waals surface area contributed by atoms with E-state index in [4.69, 9.17) is 21.1 Å². The molecule has 0 aliphatic carbocycles. The van der Waals surface area contributed by atoms with Gasteiger partial charge >= 0.3 is 5.97 Å². The van der Waals surface area contributed by atoms with Crippen LogP contribution in [0.1, 0.15) is 47.7 Å². The van der Waals surface area contributed by atoms with Crippen molar-refractivity contribution in [3.63, 3.8) is 0 Å². The van der Waals surface area contributed by atoms with Gasteiger partial charge in [-0.05, 0) is 73.2 Å². The standard InChI is InChI=1S/C32H25ClIN3O4S/c1-4-40-31(39)27-19(3)36-32-37(28(27)20-11-9-18(2)10-12-20)30(38)26(42-32)14-23-13-24(33)15-25(34)29(23)41-17-22-8-6-5-7-21(22)16-35/h5-15,28H,4,17H2,1-3H3/b26-14-/t28-/m1/s1. The van der Waals surface area contributed by atoms with Crippen LogP contribution in [0.25, 0.3) is 6.08 Å². The lowest BCUT2D eigenvalue weighted by Gasteiger charge is -2.24. The Labute approximate surface area is 265 Å². The summed E-state index contributed by atoms with van der Waals surface area (Å²) < 4.78 is 14.3. The third-order valence-corrected chi connectivity index (χ3v) is 8.75. The molecule has 0 bridgehead atoms. The van der Waals surface area contributed by atoms with Crippen molar-refractivity contribution in [1.29, 1.82) is 5.26 Å². The van der Waals surface area contributed by atoms with E-state index in [9.17, 15) is 14.9 Å². The van der Waals surface area contributed by atoms with Crippen molar-refractivity contribution in [1.82, 2.24) is 4.57 Å². The first-order valence-electron chi connectivity index (χ1n) is 13.1. The molecule has 3 aromatic carbocycles. The van der Waals surface area contributed by atoms with E-state index >= 15 is 0 Å². The Kier molecular flexibility index (Phi) is 8.96. The number of nitriles is 1. The van der Waals surface area contributed by atoms with E-state index < -0.39 is 12.0 Å². The van der Waals surface area contributed by atoms with Gasteiger partial charge in [0.05, 0.1) is 43.7 Å². The molecule has 0 radical (unpaired) electrons. The lowest BCUT2D eigenvalue weighted by atomic mass is 9.95. The van der Waals surface area contributed by atoms with Gasteiger partial charge in [-0.1, -0.05) is 71.0 Å². The van der Waals surface area contributed by atoms with Crippen LogP contribution in [0.15, 0.2) is 81.7 Å². The number of thiazole rings is 1. The number of carbonyl (C=O) groups excluding carboxylic acids is 1. The van der Waals surface area contributed by atoms with Crippen LogP contribution in [-0.2, 0) is 16.1 Å². The minimum absolute atomic E-state index is 0.166. The van der Waals surface area contributed by atoms with Crippen molar-refractivity contribution in [3.05, 3.63) is 128 Å². The topological polar surface area (TPSA) is 93.7 Å². The molecule has 0 spiro atoms. The second kappa shape index (κ2) is 12.7. The first-order chi connectivity index (χ1) is 20.2. The molecule has 0 N–H and O–H groups in total. The van der Waals surface area contributed by atoms with E-state index in [0.29, 0.717) is 42.5 Å². The average Bonchev–Trinajstić information content (AvgIpc) is 3.26. The number of nitrogens with zero attached hydrogens (tertiary/aromatic N) is 3. The Morgan fingerprint density at radius 1 is 1.19 bits per heavy atom. The van der Waals surface area contributed by atoms with Crippen LogP contribution in [0, 0.1) is 21.8 Å². The lowest BCUT2D eigenvalue weighted by molar-refractivity contribution is -0.139. The summed E-state index contributed by atoms with van der Waals surface area (Å²) in [4.78, 5) is 32.3. The first kappa shape index (κ1) is 29.8. The molecule has 10 heteroatoms. The van der Waals surface area contributed by atoms with Crippen molar-refractivity contribution >= 4 is 57.6 Å². The largest absolute Gasteiger partial charge is 0.487 e. The SMILES string of the molecule is CCOC(=O)C1=C(C)N=c2s/c(=C\c3cc(Cl)cc(I)c3OCc3ccccc3C#N)c(=O)n2[C@@H]1c1ccc(C)cc1. The number of halogens is 2. The quantitative estimate of drug-likeness (QED) is 0.178. The number of rotatable bonds is 7. The summed E-state index contributed by atoms with van der Waals surface area (Å²) in [6.07, 6.45) is 1.74. The van der Waals surface area contributed by atoms with Crippen molar-refractivity contribution in [2.24, 2.45) is 4.99 Å². The van der Waals surface area contributed by atoms with E-state index in [1.54, 1.807) is 48.8 Å². The maximum absolute atomic E-state index is 14.0. The smallest absolute Gasteiger partial charge is 0.338 e. The molecule has 0 unspecified atom stereocenters. The molecule has 1 aromatic heterocycles. The zero-order valence-corrected chi connectivity index (χ0v) is 26.7. The molecule has 1 atom stereocenters. The lowest BCUT2D eigenvalue weighted by Crippen LogP contribution is -2.39. The normalized spacial score (nSPS) is 14.7. The van der Waals surface area contributed by atoms with E-state index in [1.165, 1.54) is 11.3 Å². The second-order valence-corrected chi connectivity index (χ2v) is 12.2. The zero-order chi connectivity index (χ0) is 30.0. The van der Waals surface area contributed by atoms with Crippen LogP contribution in [0.4, 0.5) is 0 Å². The Morgan fingerprint density at radius 2 is 1.93 bits per heavy atom. The Hall–Kier alpha value is -3.72. The molecule has 0 saturated carbocycles. The monoisotopic (exact) mass is 709 g/mol. The number of carbonyl (C=O) groups is 1. The van der Waals surface area contributed by atoms with E-state index in [0.717, 1.165) is 20.3 Å². The number of hydrogen-bond acceptors (Lipinski definition) is 7. The Morgan fingerprint density at radius 3 is 2.64 bits per heavy atom. The molecular formula is C32H25ClIN3O4S. The molecule has 4 aromatic rings. The van der Waals surface area contributed by atoms with Crippen LogP contribution < -0.4 is 19.6 Å². The number of allylic oxidation sites excluding steroid dienone is 1. The van der Waals surface area contributed by atoms with Crippen molar-refractivity contribution in [3.8, 4) is 11.8 Å². The number of aryl methyl sites for hydroxylation is 1. The molecule has 212 valence electrons. The van der Waals surface area contributed by atoms with E-state index in [1.807, 2.05) is 43.3 Å². The van der Waals surface area contributed by atoms with Crippen LogP contribution in [0.5, 0.6) is 5.75 Å². The van der Waals surface area contributed by atoms with Gasteiger partial charge in [0.15, 0.2) is 4.80 Å². The summed E-state index contributed by atoms with van der Waals surface area (Å²) in [7, 11) is 0. The summed E-state index contributed by atoms with van der Waals surface area (Å²) in [5, 5.41) is 9.97. The number of fused-ring (bicyclic) bond motifs is 1. The fourth-order valence-corrected chi connectivity index (χ4v) is 6.99. The number of ether oxygens (including phenoxy) is 2. The van der Waals surface area contributed by atoms with Gasteiger partial charge in [-0.3, -0.25) is 9.36 Å². The van der Waals surface area contributed by atoms with Gasteiger partial charge in [-0.2, -0.15) is 5.26 Å². The Bertz CT molecular complexity index is 1960. The van der Waals surface area contributed by atoms with Crippen LogP contribution in [-0.4, -0.2) is 17.1 Å². The predicted octanol–water partition coefficient (Wildman–Crippen LogP) is 5.82. The molecule has 0 fully saturated rings. The molecule has 1 aliphatic heterocycles. The highest BCUT2D eigenvalue weighted by Crippen LogP contribution is 2.33. The van der Waals surface area contributed by atoms with Gasteiger partial charge in [0.2, 0.25) is 0 Å². The minimum Gasteiger partial charge on any atom is -0.487 e. The van der Waals surface area contributed by atoms with Gasteiger partial charge in [-0.15, -0.1) is 0 Å². The molecule has 2 heterocycles. The molecular weight excluding hydrogens is 685 g/mol. The number of esters is 1. The number of hydrogen-bond donors (Lipinski definition) is 0. The zero-order valence-electron chi connectivity index (χ0n) is 23.0. The minimum atomic E-state index is -0.694. The van der Waals surface area contributed by atoms with E-state index in [-0.39, 0.29) is 18.8 Å².